The summed E-state index contributed by atoms with van der Waals surface area (Å²) in [6.45, 7) is 10.6. The third-order valence-corrected chi connectivity index (χ3v) is 8.47. The number of hydrogen-bond donors (Lipinski definition) is 3. The molecule has 0 aromatic heterocycles. The van der Waals surface area contributed by atoms with Gasteiger partial charge in [-0.15, -0.1) is 0 Å². The molecular weight excluding hydrogens is 680 g/mol. The standard InChI is InChI=1S/C40H60N4O9/c1-29(2)35(37(46)53-40(3,4)5)43-36(45)33(41)20-12-14-24-44(39(48)51-28-31-18-10-7-11-19-31)26-32(52-34-21-13-15-25-49-34)22-23-42-38(47)50-27-30-16-8-6-9-17-30/h6-11,16-19,29,32-35H,12-15,20-28,41H2,1-5H3,(H,42,47)(H,43,45)/t32-,33+,34?,35+/m1/s1. The first-order chi connectivity index (χ1) is 25.3. The van der Waals surface area contributed by atoms with Gasteiger partial charge in [0.25, 0.3) is 0 Å². The fourth-order valence-electron chi connectivity index (χ4n) is 5.58. The summed E-state index contributed by atoms with van der Waals surface area (Å²) in [4.78, 5) is 53.3. The van der Waals surface area contributed by atoms with Crippen LogP contribution in [-0.4, -0.2) is 85.3 Å². The van der Waals surface area contributed by atoms with Crippen LogP contribution in [0.5, 0.6) is 0 Å². The van der Waals surface area contributed by atoms with E-state index in [0.717, 1.165) is 30.4 Å². The maximum absolute atomic E-state index is 13.5. The molecule has 0 bridgehead atoms. The van der Waals surface area contributed by atoms with Crippen molar-refractivity contribution < 1.29 is 42.9 Å². The molecular formula is C40H60N4O9. The van der Waals surface area contributed by atoms with Crippen molar-refractivity contribution in [3.8, 4) is 0 Å². The van der Waals surface area contributed by atoms with Gasteiger partial charge in [0.15, 0.2) is 6.29 Å². The normalized spacial score (nSPS) is 16.2. The molecule has 1 fully saturated rings. The number of amides is 3. The van der Waals surface area contributed by atoms with Crippen LogP contribution in [0.25, 0.3) is 0 Å². The average Bonchev–Trinajstić information content (AvgIpc) is 3.13. The van der Waals surface area contributed by atoms with Gasteiger partial charge in [0.05, 0.1) is 18.7 Å². The van der Waals surface area contributed by atoms with Crippen molar-refractivity contribution in [2.45, 2.75) is 123 Å². The molecule has 1 unspecified atom stereocenters. The first kappa shape index (κ1) is 43.2. The Morgan fingerprint density at radius 3 is 2.13 bits per heavy atom. The molecule has 2 aromatic rings. The second kappa shape index (κ2) is 22.8. The van der Waals surface area contributed by atoms with Crippen molar-refractivity contribution in [2.24, 2.45) is 11.7 Å². The highest BCUT2D eigenvalue weighted by atomic mass is 16.7. The van der Waals surface area contributed by atoms with Gasteiger partial charge in [0.2, 0.25) is 5.91 Å². The predicted molar refractivity (Wildman–Crippen MR) is 200 cm³/mol. The zero-order valence-electron chi connectivity index (χ0n) is 32.1. The highest BCUT2D eigenvalue weighted by Crippen LogP contribution is 2.19. The van der Waals surface area contributed by atoms with Gasteiger partial charge in [-0.3, -0.25) is 4.79 Å². The second-order valence-corrected chi connectivity index (χ2v) is 14.7. The lowest BCUT2D eigenvalue weighted by Gasteiger charge is -2.31. The molecule has 1 saturated heterocycles. The fraction of sp³-hybridized carbons (Fsp3) is 0.600. The van der Waals surface area contributed by atoms with Gasteiger partial charge in [-0.1, -0.05) is 74.5 Å². The van der Waals surface area contributed by atoms with Gasteiger partial charge in [0.1, 0.15) is 24.9 Å². The molecule has 0 saturated carbocycles. The van der Waals surface area contributed by atoms with Crippen molar-refractivity contribution in [2.75, 3.05) is 26.2 Å². The summed E-state index contributed by atoms with van der Waals surface area (Å²) in [5.41, 5.74) is 7.29. The number of alkyl carbamates (subject to hydrolysis) is 1. The van der Waals surface area contributed by atoms with Gasteiger partial charge < -0.3 is 45.0 Å². The van der Waals surface area contributed by atoms with E-state index in [0.29, 0.717) is 38.8 Å². The zero-order chi connectivity index (χ0) is 38.6. The molecule has 1 heterocycles. The second-order valence-electron chi connectivity index (χ2n) is 14.7. The topological polar surface area (TPSA) is 168 Å². The molecule has 3 rings (SSSR count). The summed E-state index contributed by atoms with van der Waals surface area (Å²) in [6.07, 6.45) is 2.47. The van der Waals surface area contributed by atoms with Gasteiger partial charge in [0, 0.05) is 19.7 Å². The Balaban J connectivity index is 1.60. The first-order valence-corrected chi connectivity index (χ1v) is 18.8. The molecule has 0 aliphatic carbocycles. The number of nitrogens with one attached hydrogen (secondary N) is 2. The van der Waals surface area contributed by atoms with Crippen molar-refractivity contribution in [1.82, 2.24) is 15.5 Å². The van der Waals surface area contributed by atoms with Crippen molar-refractivity contribution >= 4 is 24.1 Å². The number of rotatable bonds is 20. The van der Waals surface area contributed by atoms with Gasteiger partial charge in [-0.2, -0.15) is 0 Å². The Morgan fingerprint density at radius 2 is 1.55 bits per heavy atom. The van der Waals surface area contributed by atoms with E-state index in [9.17, 15) is 19.2 Å². The molecule has 3 amide bonds. The highest BCUT2D eigenvalue weighted by Gasteiger charge is 2.31. The Kier molecular flexibility index (Phi) is 18.6. The molecule has 294 valence electrons. The molecule has 13 heteroatoms. The van der Waals surface area contributed by atoms with Gasteiger partial charge >= 0.3 is 18.2 Å². The van der Waals surface area contributed by atoms with Crippen LogP contribution in [0, 0.1) is 5.92 Å². The largest absolute Gasteiger partial charge is 0.458 e. The number of carbonyl (C=O) groups excluding carboxylic acids is 4. The zero-order valence-corrected chi connectivity index (χ0v) is 32.1. The molecule has 13 nitrogen and oxygen atoms in total. The van der Waals surface area contributed by atoms with Crippen LogP contribution >= 0.6 is 0 Å². The molecule has 53 heavy (non-hydrogen) atoms. The molecule has 2 aromatic carbocycles. The number of nitrogens with zero attached hydrogens (tertiary/aromatic N) is 1. The molecule has 1 aliphatic rings. The van der Waals surface area contributed by atoms with Crippen molar-refractivity contribution in [3.05, 3.63) is 71.8 Å². The maximum Gasteiger partial charge on any atom is 0.410 e. The average molecular weight is 741 g/mol. The molecule has 1 aliphatic heterocycles. The number of ether oxygens (including phenoxy) is 5. The lowest BCUT2D eigenvalue weighted by Crippen LogP contribution is -2.52. The lowest BCUT2D eigenvalue weighted by atomic mass is 10.0. The first-order valence-electron chi connectivity index (χ1n) is 18.8. The van der Waals surface area contributed by atoms with Crippen LogP contribution in [0.3, 0.4) is 0 Å². The van der Waals surface area contributed by atoms with Crippen LogP contribution in [-0.2, 0) is 46.5 Å². The molecule has 0 radical (unpaired) electrons. The van der Waals surface area contributed by atoms with Crippen LogP contribution in [0.1, 0.15) is 90.7 Å². The summed E-state index contributed by atoms with van der Waals surface area (Å²) in [7, 11) is 0. The fourth-order valence-corrected chi connectivity index (χ4v) is 5.58. The van der Waals surface area contributed by atoms with Gasteiger partial charge in [-0.05, 0) is 82.8 Å². The van der Waals surface area contributed by atoms with Crippen LogP contribution < -0.4 is 16.4 Å². The van der Waals surface area contributed by atoms with Crippen molar-refractivity contribution in [3.63, 3.8) is 0 Å². The third-order valence-electron chi connectivity index (χ3n) is 8.47. The molecule has 4 N–H and O–H groups in total. The molecule has 4 atom stereocenters. The SMILES string of the molecule is CC(C)[C@H](NC(=O)[C@@H](N)CCCCN(C[C@@H](CCNC(=O)OCc1ccccc1)OC1CCCCO1)C(=O)OCc1ccccc1)C(=O)OC(C)(C)C. The predicted octanol–water partition coefficient (Wildman–Crippen LogP) is 5.83. The smallest absolute Gasteiger partial charge is 0.410 e. The maximum atomic E-state index is 13.5. The minimum atomic E-state index is -0.857. The van der Waals surface area contributed by atoms with E-state index in [2.05, 4.69) is 10.6 Å². The van der Waals surface area contributed by atoms with Crippen LogP contribution in [0.4, 0.5) is 9.59 Å². The van der Waals surface area contributed by atoms with Crippen molar-refractivity contribution in [1.29, 1.82) is 0 Å². The lowest BCUT2D eigenvalue weighted by molar-refractivity contribution is -0.191. The number of benzene rings is 2. The monoisotopic (exact) mass is 740 g/mol. The van der Waals surface area contributed by atoms with Crippen LogP contribution in [0.2, 0.25) is 0 Å². The van der Waals surface area contributed by atoms with Crippen LogP contribution in [0.15, 0.2) is 60.7 Å². The minimum Gasteiger partial charge on any atom is -0.458 e. The summed E-state index contributed by atoms with van der Waals surface area (Å²) in [5.74, 6) is -1.14. The molecule has 0 spiro atoms. The Morgan fingerprint density at radius 1 is 0.906 bits per heavy atom. The quantitative estimate of drug-likeness (QED) is 0.0853. The highest BCUT2D eigenvalue weighted by molar-refractivity contribution is 5.87. The van der Waals surface area contributed by atoms with E-state index in [1.807, 2.05) is 74.5 Å². The Hall–Kier alpha value is -4.20. The van der Waals surface area contributed by atoms with Gasteiger partial charge in [-0.25, -0.2) is 14.4 Å². The van der Waals surface area contributed by atoms with E-state index in [-0.39, 0.29) is 32.2 Å². The number of unbranched alkanes of at least 4 members (excludes halogenated alkanes) is 1. The Labute approximate surface area is 314 Å². The summed E-state index contributed by atoms with van der Waals surface area (Å²) >= 11 is 0. The third kappa shape index (κ3) is 17.5. The number of esters is 1. The van der Waals surface area contributed by atoms with E-state index in [4.69, 9.17) is 29.4 Å². The number of carbonyl (C=O) groups is 4. The van der Waals surface area contributed by atoms with E-state index >= 15 is 0 Å². The van der Waals surface area contributed by atoms with E-state index in [1.54, 1.807) is 25.7 Å². The summed E-state index contributed by atoms with van der Waals surface area (Å²) in [5, 5.41) is 5.54. The number of nitrogens with two attached hydrogens (primary N) is 1. The summed E-state index contributed by atoms with van der Waals surface area (Å²) < 4.78 is 28.8. The minimum absolute atomic E-state index is 0.0992. The Bertz CT molecular complexity index is 1380. The van der Waals surface area contributed by atoms with E-state index < -0.39 is 54.1 Å². The summed E-state index contributed by atoms with van der Waals surface area (Å²) in [6, 6.07) is 17.1. The number of hydrogen-bond acceptors (Lipinski definition) is 10. The van der Waals surface area contributed by atoms with E-state index in [1.165, 1.54) is 0 Å².